The van der Waals surface area contributed by atoms with Crippen molar-refractivity contribution in [2.24, 2.45) is 0 Å². The van der Waals surface area contributed by atoms with E-state index in [4.69, 9.17) is 23.2 Å². The summed E-state index contributed by atoms with van der Waals surface area (Å²) >= 11 is 13.8. The summed E-state index contributed by atoms with van der Waals surface area (Å²) in [7, 11) is 0. The van der Waals surface area contributed by atoms with Crippen LogP contribution in [0.25, 0.3) is 10.4 Å². The van der Waals surface area contributed by atoms with Gasteiger partial charge in [-0.3, -0.25) is 9.78 Å². The Morgan fingerprint density at radius 1 is 0.971 bits per heavy atom. The van der Waals surface area contributed by atoms with E-state index in [0.29, 0.717) is 5.02 Å². The number of carboxylic acids is 1. The molecule has 0 spiro atoms. The fraction of sp³-hybridized carbons (Fsp3) is 0.115. The molecule has 1 unspecified atom stereocenters. The molecule has 0 saturated heterocycles. The van der Waals surface area contributed by atoms with Crippen molar-refractivity contribution in [3.8, 4) is 10.4 Å². The van der Waals surface area contributed by atoms with E-state index in [2.05, 4.69) is 4.98 Å². The van der Waals surface area contributed by atoms with Crippen molar-refractivity contribution in [2.75, 3.05) is 0 Å². The van der Waals surface area contributed by atoms with Crippen LogP contribution in [0.1, 0.15) is 20.8 Å². The van der Waals surface area contributed by atoms with Gasteiger partial charge in [0, 0.05) is 33.6 Å². The maximum absolute atomic E-state index is 13.6. The molecule has 8 heteroatoms. The number of hydrogen-bond donors (Lipinski definition) is 1. The van der Waals surface area contributed by atoms with Crippen LogP contribution in [0.4, 0.5) is 0 Å². The SMILES string of the molecule is O=C(O)C(Cc1ccccc1)N(Cc1ccc(-c2ccncc2)s1)C(=O)c1ccc(Cl)cc1Cl. The third-order valence-corrected chi connectivity index (χ3v) is 6.98. The molecule has 1 atom stereocenters. The highest BCUT2D eigenvalue weighted by molar-refractivity contribution is 7.15. The molecule has 0 bridgehead atoms. The highest BCUT2D eigenvalue weighted by Gasteiger charge is 2.32. The molecule has 4 rings (SSSR count). The van der Waals surface area contributed by atoms with Crippen LogP contribution in [0, 0.1) is 0 Å². The summed E-state index contributed by atoms with van der Waals surface area (Å²) in [6.45, 7) is 0.122. The third kappa shape index (κ3) is 5.65. The normalized spacial score (nSPS) is 11.7. The Labute approximate surface area is 211 Å². The summed E-state index contributed by atoms with van der Waals surface area (Å²) in [5.41, 5.74) is 2.03. The summed E-state index contributed by atoms with van der Waals surface area (Å²) in [4.78, 5) is 33.3. The molecule has 0 aliphatic heterocycles. The first-order chi connectivity index (χ1) is 16.4. The van der Waals surface area contributed by atoms with Crippen LogP contribution in [-0.4, -0.2) is 32.9 Å². The van der Waals surface area contributed by atoms with E-state index in [0.717, 1.165) is 20.9 Å². The van der Waals surface area contributed by atoms with Crippen LogP contribution < -0.4 is 0 Å². The quantitative estimate of drug-likeness (QED) is 0.295. The van der Waals surface area contributed by atoms with Gasteiger partial charge in [-0.2, -0.15) is 0 Å². The number of carbonyl (C=O) groups is 2. The number of benzene rings is 2. The maximum Gasteiger partial charge on any atom is 0.326 e. The summed E-state index contributed by atoms with van der Waals surface area (Å²) in [5.74, 6) is -1.56. The summed E-state index contributed by atoms with van der Waals surface area (Å²) in [6, 6.07) is 20.4. The van der Waals surface area contributed by atoms with Gasteiger partial charge in [0.2, 0.25) is 0 Å². The third-order valence-electron chi connectivity index (χ3n) is 5.31. The van der Waals surface area contributed by atoms with Crippen molar-refractivity contribution in [1.29, 1.82) is 0 Å². The average Bonchev–Trinajstić information content (AvgIpc) is 3.31. The second-order valence-corrected chi connectivity index (χ2v) is 9.61. The van der Waals surface area contributed by atoms with Gasteiger partial charge >= 0.3 is 5.97 Å². The number of pyridine rings is 1. The van der Waals surface area contributed by atoms with Gasteiger partial charge in [0.15, 0.2) is 0 Å². The molecule has 1 N–H and O–H groups in total. The Bertz CT molecular complexity index is 1300. The first-order valence-corrected chi connectivity index (χ1v) is 12.0. The summed E-state index contributed by atoms with van der Waals surface area (Å²) < 4.78 is 0. The second-order valence-electron chi connectivity index (χ2n) is 7.60. The number of nitrogens with zero attached hydrogens (tertiary/aromatic N) is 2. The number of carbonyl (C=O) groups excluding carboxylic acids is 1. The largest absolute Gasteiger partial charge is 0.480 e. The van der Waals surface area contributed by atoms with Crippen LogP contribution in [0.2, 0.25) is 10.0 Å². The molecule has 0 fully saturated rings. The minimum atomic E-state index is -1.09. The fourth-order valence-electron chi connectivity index (χ4n) is 3.61. The second kappa shape index (κ2) is 10.8. The summed E-state index contributed by atoms with van der Waals surface area (Å²) in [5, 5.41) is 10.7. The molecule has 34 heavy (non-hydrogen) atoms. The van der Waals surface area contributed by atoms with Gasteiger partial charge in [-0.1, -0.05) is 53.5 Å². The minimum absolute atomic E-state index is 0.122. The molecule has 0 saturated carbocycles. The first kappa shape index (κ1) is 24.0. The summed E-state index contributed by atoms with van der Waals surface area (Å²) in [6.07, 6.45) is 3.59. The van der Waals surface area contributed by atoms with E-state index in [1.807, 2.05) is 54.6 Å². The van der Waals surface area contributed by atoms with Crippen LogP contribution in [0.5, 0.6) is 0 Å². The van der Waals surface area contributed by atoms with Crippen LogP contribution in [0.3, 0.4) is 0 Å². The molecule has 4 aromatic rings. The molecule has 172 valence electrons. The number of hydrogen-bond acceptors (Lipinski definition) is 4. The zero-order valence-corrected chi connectivity index (χ0v) is 20.2. The van der Waals surface area contributed by atoms with Crippen LogP contribution in [-0.2, 0) is 17.8 Å². The Morgan fingerprint density at radius 3 is 2.38 bits per heavy atom. The van der Waals surface area contributed by atoms with Gasteiger partial charge in [-0.05, 0) is 53.6 Å². The van der Waals surface area contributed by atoms with Gasteiger partial charge < -0.3 is 10.0 Å². The zero-order valence-electron chi connectivity index (χ0n) is 17.9. The predicted molar refractivity (Wildman–Crippen MR) is 135 cm³/mol. The number of carboxylic acid groups (broad SMARTS) is 1. The molecular formula is C26H20Cl2N2O3S. The van der Waals surface area contributed by atoms with Crippen molar-refractivity contribution < 1.29 is 14.7 Å². The van der Waals surface area contributed by atoms with Gasteiger partial charge in [0.05, 0.1) is 17.1 Å². The standard InChI is InChI=1S/C26H20Cl2N2O3S/c27-19-6-8-21(22(28)15-19)25(31)30(23(26(32)33)14-17-4-2-1-3-5-17)16-20-7-9-24(34-20)18-10-12-29-13-11-18/h1-13,15,23H,14,16H2,(H,32,33). The smallest absolute Gasteiger partial charge is 0.326 e. The lowest BCUT2D eigenvalue weighted by Crippen LogP contribution is -2.46. The number of thiophene rings is 1. The van der Waals surface area contributed by atoms with E-state index in [1.54, 1.807) is 18.5 Å². The Hall–Kier alpha value is -3.19. The van der Waals surface area contributed by atoms with E-state index in [9.17, 15) is 14.7 Å². The lowest BCUT2D eigenvalue weighted by atomic mass is 10.0. The van der Waals surface area contributed by atoms with E-state index in [-0.39, 0.29) is 23.6 Å². The van der Waals surface area contributed by atoms with Crippen molar-refractivity contribution in [3.05, 3.63) is 111 Å². The Kier molecular flexibility index (Phi) is 7.63. The Balaban J connectivity index is 1.70. The zero-order chi connectivity index (χ0) is 24.1. The van der Waals surface area contributed by atoms with Crippen molar-refractivity contribution >= 4 is 46.4 Å². The van der Waals surface area contributed by atoms with Gasteiger partial charge in [-0.15, -0.1) is 11.3 Å². The topological polar surface area (TPSA) is 70.5 Å². The van der Waals surface area contributed by atoms with Crippen LogP contribution >= 0.6 is 34.5 Å². The minimum Gasteiger partial charge on any atom is -0.480 e. The molecule has 0 aliphatic rings. The fourth-order valence-corrected chi connectivity index (χ4v) is 5.11. The van der Waals surface area contributed by atoms with Crippen LogP contribution in [0.15, 0.2) is 85.2 Å². The highest BCUT2D eigenvalue weighted by Crippen LogP contribution is 2.30. The van der Waals surface area contributed by atoms with E-state index < -0.39 is 17.9 Å². The van der Waals surface area contributed by atoms with Gasteiger partial charge in [0.1, 0.15) is 6.04 Å². The van der Waals surface area contributed by atoms with Crippen molar-refractivity contribution in [2.45, 2.75) is 19.0 Å². The lowest BCUT2D eigenvalue weighted by Gasteiger charge is -2.29. The molecule has 5 nitrogen and oxygen atoms in total. The van der Waals surface area contributed by atoms with Crippen molar-refractivity contribution in [1.82, 2.24) is 9.88 Å². The number of rotatable bonds is 8. The number of halogens is 2. The highest BCUT2D eigenvalue weighted by atomic mass is 35.5. The van der Waals surface area contributed by atoms with E-state index >= 15 is 0 Å². The molecule has 2 aromatic heterocycles. The van der Waals surface area contributed by atoms with Gasteiger partial charge in [-0.25, -0.2) is 4.79 Å². The molecule has 2 aromatic carbocycles. The maximum atomic E-state index is 13.6. The molecule has 0 aliphatic carbocycles. The first-order valence-electron chi connectivity index (χ1n) is 10.4. The number of aliphatic carboxylic acids is 1. The van der Waals surface area contributed by atoms with Gasteiger partial charge in [0.25, 0.3) is 5.91 Å². The molecule has 2 heterocycles. The molecule has 0 radical (unpaired) electrons. The number of aromatic nitrogens is 1. The average molecular weight is 511 g/mol. The number of amides is 1. The monoisotopic (exact) mass is 510 g/mol. The predicted octanol–water partition coefficient (Wildman–Crippen LogP) is 6.46. The van der Waals surface area contributed by atoms with Crippen molar-refractivity contribution in [3.63, 3.8) is 0 Å². The lowest BCUT2D eigenvalue weighted by molar-refractivity contribution is -0.142. The Morgan fingerprint density at radius 2 is 1.71 bits per heavy atom. The molecule has 1 amide bonds. The van der Waals surface area contributed by atoms with E-state index in [1.165, 1.54) is 28.4 Å². The molecular weight excluding hydrogens is 491 g/mol.